The highest BCUT2D eigenvalue weighted by Crippen LogP contribution is 2.20. The summed E-state index contributed by atoms with van der Waals surface area (Å²) < 4.78 is 0. The summed E-state index contributed by atoms with van der Waals surface area (Å²) in [6.07, 6.45) is 0. The number of benzene rings is 1. The molecule has 1 rings (SSSR count). The normalized spacial score (nSPS) is 14.9. The molecule has 1 unspecified atom stereocenters. The Morgan fingerprint density at radius 3 is 2.38 bits per heavy atom. The quantitative estimate of drug-likeness (QED) is 0.717. The van der Waals surface area contributed by atoms with Gasteiger partial charge in [-0.25, -0.2) is 0 Å². The first-order valence-corrected chi connectivity index (χ1v) is 4.34. The number of rotatable bonds is 4. The molecule has 0 saturated heterocycles. The molecule has 13 heavy (non-hydrogen) atoms. The summed E-state index contributed by atoms with van der Waals surface area (Å²) in [5.41, 5.74) is 0.958. The van der Waals surface area contributed by atoms with E-state index in [0.717, 1.165) is 5.56 Å². The first-order valence-electron chi connectivity index (χ1n) is 4.34. The molecule has 0 fully saturated rings. The predicted molar refractivity (Wildman–Crippen MR) is 53.5 cm³/mol. The van der Waals surface area contributed by atoms with Crippen molar-refractivity contribution >= 4 is 0 Å². The van der Waals surface area contributed by atoms with Crippen molar-refractivity contribution in [2.75, 3.05) is 7.05 Å². The Bertz CT molecular complexity index is 261. The van der Waals surface area contributed by atoms with Crippen LogP contribution in [-0.4, -0.2) is 13.1 Å². The Hall–Kier alpha value is -1.22. The summed E-state index contributed by atoms with van der Waals surface area (Å²) in [6, 6.07) is 9.35. The van der Waals surface area contributed by atoms with Crippen molar-refractivity contribution in [3.8, 4) is 0 Å². The maximum Gasteiger partial charge on any atom is 0.132 e. The lowest BCUT2D eigenvalue weighted by atomic mass is 10.0. The van der Waals surface area contributed by atoms with Crippen LogP contribution in [0.2, 0.25) is 0 Å². The first kappa shape index (κ1) is 9.86. The fraction of sp³-hybridized carbons (Fsp3) is 0.400. The third kappa shape index (κ3) is 2.36. The Morgan fingerprint density at radius 2 is 1.92 bits per heavy atom. The van der Waals surface area contributed by atoms with E-state index in [-0.39, 0.29) is 12.1 Å². The lowest BCUT2D eigenvalue weighted by Crippen LogP contribution is -2.27. The van der Waals surface area contributed by atoms with Gasteiger partial charge >= 0.3 is 0 Å². The van der Waals surface area contributed by atoms with Crippen molar-refractivity contribution in [2.45, 2.75) is 19.0 Å². The van der Waals surface area contributed by atoms with Gasteiger partial charge in [0.25, 0.3) is 0 Å². The molecule has 0 aliphatic heterocycles. The molecule has 0 amide bonds. The fourth-order valence-corrected chi connectivity index (χ4v) is 1.25. The van der Waals surface area contributed by atoms with Gasteiger partial charge in [-0.2, -0.15) is 4.91 Å². The van der Waals surface area contributed by atoms with Crippen LogP contribution in [0.5, 0.6) is 0 Å². The molecule has 0 radical (unpaired) electrons. The maximum atomic E-state index is 10.6. The summed E-state index contributed by atoms with van der Waals surface area (Å²) in [7, 11) is 1.83. The van der Waals surface area contributed by atoms with Crippen LogP contribution in [0.1, 0.15) is 18.5 Å². The minimum atomic E-state index is -0.300. The van der Waals surface area contributed by atoms with Crippen LogP contribution in [0.3, 0.4) is 0 Å². The van der Waals surface area contributed by atoms with E-state index < -0.39 is 0 Å². The molecule has 0 aliphatic rings. The van der Waals surface area contributed by atoms with Gasteiger partial charge in [0.1, 0.15) is 6.04 Å². The molecule has 3 nitrogen and oxygen atoms in total. The van der Waals surface area contributed by atoms with Crippen molar-refractivity contribution in [2.24, 2.45) is 5.18 Å². The number of likely N-dealkylation sites (N-methyl/N-ethyl adjacent to an activating group) is 1. The van der Waals surface area contributed by atoms with Crippen LogP contribution in [-0.2, 0) is 0 Å². The molecule has 2 atom stereocenters. The number of nitroso groups, excluding NO2 is 1. The highest BCUT2D eigenvalue weighted by Gasteiger charge is 2.17. The molecule has 0 spiro atoms. The summed E-state index contributed by atoms with van der Waals surface area (Å²) in [4.78, 5) is 10.6. The van der Waals surface area contributed by atoms with Gasteiger partial charge in [0.2, 0.25) is 0 Å². The molecule has 1 aromatic carbocycles. The van der Waals surface area contributed by atoms with Gasteiger partial charge in [0.05, 0.1) is 0 Å². The molecule has 0 saturated carbocycles. The number of nitrogens with one attached hydrogen (secondary N) is 1. The van der Waals surface area contributed by atoms with E-state index in [1.54, 1.807) is 0 Å². The van der Waals surface area contributed by atoms with Crippen LogP contribution in [0.4, 0.5) is 0 Å². The second-order valence-electron chi connectivity index (χ2n) is 3.04. The fourth-order valence-electron chi connectivity index (χ4n) is 1.25. The van der Waals surface area contributed by atoms with Crippen LogP contribution in [0.15, 0.2) is 35.5 Å². The highest BCUT2D eigenvalue weighted by molar-refractivity contribution is 5.20. The van der Waals surface area contributed by atoms with Gasteiger partial charge in [-0.15, -0.1) is 0 Å². The Morgan fingerprint density at radius 1 is 1.31 bits per heavy atom. The average molecular weight is 178 g/mol. The topological polar surface area (TPSA) is 41.5 Å². The number of hydrogen-bond acceptors (Lipinski definition) is 3. The highest BCUT2D eigenvalue weighted by atomic mass is 16.3. The van der Waals surface area contributed by atoms with Gasteiger partial charge in [-0.3, -0.25) is 0 Å². The van der Waals surface area contributed by atoms with Gasteiger partial charge in [-0.05, 0) is 19.5 Å². The average Bonchev–Trinajstić information content (AvgIpc) is 2.20. The number of hydrogen-bond donors (Lipinski definition) is 1. The Kier molecular flexibility index (Phi) is 3.58. The molecule has 1 N–H and O–H groups in total. The third-order valence-electron chi connectivity index (χ3n) is 2.18. The molecule has 0 heterocycles. The summed E-state index contributed by atoms with van der Waals surface area (Å²) in [5, 5.41) is 6.14. The predicted octanol–water partition coefficient (Wildman–Crippen LogP) is 2.10. The summed E-state index contributed by atoms with van der Waals surface area (Å²) >= 11 is 0. The SMILES string of the molecule is CN[C@@H](C)C(N=O)c1ccccc1. The van der Waals surface area contributed by atoms with Crippen molar-refractivity contribution in [3.63, 3.8) is 0 Å². The molecule has 3 heteroatoms. The van der Waals surface area contributed by atoms with Crippen LogP contribution < -0.4 is 5.32 Å². The monoisotopic (exact) mass is 178 g/mol. The van der Waals surface area contributed by atoms with Crippen LogP contribution >= 0.6 is 0 Å². The lowest BCUT2D eigenvalue weighted by molar-refractivity contribution is 0.506. The second kappa shape index (κ2) is 4.72. The molecule has 0 aromatic heterocycles. The van der Waals surface area contributed by atoms with E-state index in [1.165, 1.54) is 0 Å². The van der Waals surface area contributed by atoms with E-state index in [9.17, 15) is 4.91 Å². The van der Waals surface area contributed by atoms with Crippen molar-refractivity contribution in [3.05, 3.63) is 40.8 Å². The largest absolute Gasteiger partial charge is 0.315 e. The smallest absolute Gasteiger partial charge is 0.132 e. The maximum absolute atomic E-state index is 10.6. The van der Waals surface area contributed by atoms with Gasteiger partial charge in [-0.1, -0.05) is 35.5 Å². The zero-order valence-corrected chi connectivity index (χ0v) is 7.90. The van der Waals surface area contributed by atoms with Crippen LogP contribution in [0.25, 0.3) is 0 Å². The van der Waals surface area contributed by atoms with E-state index in [2.05, 4.69) is 10.5 Å². The van der Waals surface area contributed by atoms with E-state index >= 15 is 0 Å². The summed E-state index contributed by atoms with van der Waals surface area (Å²) in [5.74, 6) is 0. The zero-order chi connectivity index (χ0) is 9.68. The third-order valence-corrected chi connectivity index (χ3v) is 2.18. The second-order valence-corrected chi connectivity index (χ2v) is 3.04. The van der Waals surface area contributed by atoms with E-state index in [1.807, 2.05) is 44.3 Å². The van der Waals surface area contributed by atoms with Crippen molar-refractivity contribution in [1.29, 1.82) is 0 Å². The first-order chi connectivity index (χ1) is 6.29. The molecule has 70 valence electrons. The van der Waals surface area contributed by atoms with Gasteiger partial charge in [0.15, 0.2) is 0 Å². The molecule has 0 aliphatic carbocycles. The van der Waals surface area contributed by atoms with E-state index in [0.29, 0.717) is 0 Å². The van der Waals surface area contributed by atoms with Gasteiger partial charge in [0, 0.05) is 6.04 Å². The molecule has 0 bridgehead atoms. The minimum absolute atomic E-state index is 0.0694. The zero-order valence-electron chi connectivity index (χ0n) is 7.90. The molecular weight excluding hydrogens is 164 g/mol. The Labute approximate surface area is 78.1 Å². The van der Waals surface area contributed by atoms with Crippen LogP contribution in [0, 0.1) is 4.91 Å². The number of nitrogens with zero attached hydrogens (tertiary/aromatic N) is 1. The summed E-state index contributed by atoms with van der Waals surface area (Å²) in [6.45, 7) is 1.94. The van der Waals surface area contributed by atoms with Gasteiger partial charge < -0.3 is 5.32 Å². The molecular formula is C10H14N2O. The van der Waals surface area contributed by atoms with Crippen molar-refractivity contribution in [1.82, 2.24) is 5.32 Å². The standard InChI is InChI=1S/C10H14N2O/c1-8(11-2)10(12-13)9-6-4-3-5-7-9/h3-8,10-11H,1-2H3/t8-,10?/m0/s1. The minimum Gasteiger partial charge on any atom is -0.315 e. The van der Waals surface area contributed by atoms with E-state index in [4.69, 9.17) is 0 Å². The molecule has 1 aromatic rings. The van der Waals surface area contributed by atoms with Crippen molar-refractivity contribution < 1.29 is 0 Å². The lowest BCUT2D eigenvalue weighted by Gasteiger charge is -2.16. The Balaban J connectivity index is 2.84.